The molecule has 0 unspecified atom stereocenters. The minimum Gasteiger partial charge on any atom is -0.425 e. The van der Waals surface area contributed by atoms with Crippen LogP contribution in [0.4, 0.5) is 0 Å². The van der Waals surface area contributed by atoms with Gasteiger partial charge in [-0.3, -0.25) is 4.79 Å². The summed E-state index contributed by atoms with van der Waals surface area (Å²) in [5.41, 5.74) is 1.76. The molecule has 0 aliphatic rings. The van der Waals surface area contributed by atoms with E-state index in [-0.39, 0.29) is 5.56 Å². The predicted molar refractivity (Wildman–Crippen MR) is 54.9 cm³/mol. The largest absolute Gasteiger partial charge is 0.425 e. The maximum Gasteiger partial charge on any atom is 0.286 e. The molecule has 0 bridgehead atoms. The molecule has 0 radical (unpaired) electrons. The smallest absolute Gasteiger partial charge is 0.286 e. The highest BCUT2D eigenvalue weighted by Crippen LogP contribution is 2.14. The molecule has 2 rings (SSSR count). The Morgan fingerprint density at radius 3 is 2.64 bits per heavy atom. The Bertz CT molecular complexity index is 555. The van der Waals surface area contributed by atoms with Crippen molar-refractivity contribution in [3.63, 3.8) is 0 Å². The topological polar surface area (TPSA) is 42.2 Å². The van der Waals surface area contributed by atoms with Crippen LogP contribution in [0.2, 0.25) is 0 Å². The van der Waals surface area contributed by atoms with Crippen LogP contribution in [-0.4, -0.2) is 9.94 Å². The molecule has 2 aromatic rings. The van der Waals surface area contributed by atoms with Gasteiger partial charge in [-0.05, 0) is 31.5 Å². The Balaban J connectivity index is 2.99. The molecule has 1 N–H and O–H groups in total. The van der Waals surface area contributed by atoms with Crippen molar-refractivity contribution in [3.05, 3.63) is 45.7 Å². The number of rotatable bonds is 0. The fraction of sp³-hybridized carbons (Fsp3) is 0.182. The van der Waals surface area contributed by atoms with E-state index < -0.39 is 0 Å². The molecule has 1 aromatic heterocycles. The van der Waals surface area contributed by atoms with Crippen LogP contribution in [-0.2, 0) is 0 Å². The number of pyridine rings is 1. The van der Waals surface area contributed by atoms with Crippen molar-refractivity contribution >= 4 is 10.9 Å². The van der Waals surface area contributed by atoms with Crippen LogP contribution >= 0.6 is 0 Å². The average molecular weight is 189 g/mol. The summed E-state index contributed by atoms with van der Waals surface area (Å²) >= 11 is 0. The molecule has 3 nitrogen and oxygen atoms in total. The molecule has 0 saturated heterocycles. The predicted octanol–water partition coefficient (Wildman–Crippen LogP) is 1.86. The minimum atomic E-state index is -0.358. The first-order valence-corrected chi connectivity index (χ1v) is 4.42. The number of benzene rings is 1. The van der Waals surface area contributed by atoms with Crippen molar-refractivity contribution in [3.8, 4) is 0 Å². The number of nitrogens with zero attached hydrogens (tertiary/aromatic N) is 1. The number of hydrogen-bond acceptors (Lipinski definition) is 2. The molecule has 0 atom stereocenters. The second kappa shape index (κ2) is 2.87. The Hall–Kier alpha value is -1.77. The molecular weight excluding hydrogens is 178 g/mol. The number of aromatic nitrogens is 1. The molecule has 72 valence electrons. The van der Waals surface area contributed by atoms with Crippen LogP contribution < -0.4 is 5.56 Å². The van der Waals surface area contributed by atoms with Gasteiger partial charge in [0.2, 0.25) is 0 Å². The first kappa shape index (κ1) is 8.81. The lowest BCUT2D eigenvalue weighted by molar-refractivity contribution is 0.188. The molecule has 3 heteroatoms. The summed E-state index contributed by atoms with van der Waals surface area (Å²) in [6.07, 6.45) is 0. The van der Waals surface area contributed by atoms with E-state index in [0.717, 1.165) is 10.9 Å². The molecule has 0 aliphatic carbocycles. The van der Waals surface area contributed by atoms with Crippen molar-refractivity contribution in [1.82, 2.24) is 4.73 Å². The number of fused-ring (bicyclic) bond motifs is 1. The van der Waals surface area contributed by atoms with E-state index in [1.807, 2.05) is 19.1 Å². The normalized spacial score (nSPS) is 10.7. The van der Waals surface area contributed by atoms with Crippen molar-refractivity contribution < 1.29 is 5.21 Å². The van der Waals surface area contributed by atoms with E-state index >= 15 is 0 Å². The third kappa shape index (κ3) is 1.18. The van der Waals surface area contributed by atoms with Crippen molar-refractivity contribution in [2.45, 2.75) is 13.8 Å². The molecule has 0 saturated carbocycles. The molecule has 0 spiro atoms. The summed E-state index contributed by atoms with van der Waals surface area (Å²) in [6.45, 7) is 3.61. The van der Waals surface area contributed by atoms with Gasteiger partial charge in [-0.2, -0.15) is 0 Å². The lowest BCUT2D eigenvalue weighted by atomic mass is 10.1. The van der Waals surface area contributed by atoms with Gasteiger partial charge in [0.05, 0.1) is 5.52 Å². The zero-order chi connectivity index (χ0) is 10.3. The maximum absolute atomic E-state index is 11.4. The van der Waals surface area contributed by atoms with Crippen molar-refractivity contribution in [1.29, 1.82) is 0 Å². The molecule has 14 heavy (non-hydrogen) atoms. The zero-order valence-corrected chi connectivity index (χ0v) is 8.11. The van der Waals surface area contributed by atoms with Crippen molar-refractivity contribution in [2.75, 3.05) is 0 Å². The summed E-state index contributed by atoms with van der Waals surface area (Å²) in [7, 11) is 0. The van der Waals surface area contributed by atoms with E-state index in [4.69, 9.17) is 0 Å². The monoisotopic (exact) mass is 189 g/mol. The highest BCUT2D eigenvalue weighted by molar-refractivity contribution is 5.79. The van der Waals surface area contributed by atoms with E-state index in [9.17, 15) is 10.0 Å². The third-order valence-electron chi connectivity index (χ3n) is 2.32. The average Bonchev–Trinajstić information content (AvgIpc) is 2.16. The lowest BCUT2D eigenvalue weighted by Gasteiger charge is -2.05. The van der Waals surface area contributed by atoms with Crippen LogP contribution in [0.3, 0.4) is 0 Å². The highest BCUT2D eigenvalue weighted by Gasteiger charge is 2.04. The van der Waals surface area contributed by atoms with Crippen LogP contribution in [0.1, 0.15) is 11.1 Å². The van der Waals surface area contributed by atoms with Crippen LogP contribution in [0.25, 0.3) is 10.9 Å². The fourth-order valence-corrected chi connectivity index (χ4v) is 1.53. The van der Waals surface area contributed by atoms with Gasteiger partial charge in [-0.1, -0.05) is 12.1 Å². The fourth-order valence-electron chi connectivity index (χ4n) is 1.53. The van der Waals surface area contributed by atoms with Gasteiger partial charge in [0.15, 0.2) is 0 Å². The van der Waals surface area contributed by atoms with Crippen molar-refractivity contribution in [2.24, 2.45) is 0 Å². The van der Waals surface area contributed by atoms with Crippen LogP contribution in [0.15, 0.2) is 29.1 Å². The first-order valence-electron chi connectivity index (χ1n) is 4.42. The van der Waals surface area contributed by atoms with Gasteiger partial charge in [0, 0.05) is 10.9 Å². The van der Waals surface area contributed by atoms with Gasteiger partial charge >= 0.3 is 0 Å². The Labute approximate surface area is 81.2 Å². The van der Waals surface area contributed by atoms with E-state index in [2.05, 4.69) is 0 Å². The van der Waals surface area contributed by atoms with Gasteiger partial charge in [-0.25, -0.2) is 0 Å². The van der Waals surface area contributed by atoms with Crippen LogP contribution in [0.5, 0.6) is 0 Å². The van der Waals surface area contributed by atoms with Crippen LogP contribution in [0, 0.1) is 13.8 Å². The molecule has 1 heterocycles. The molecular formula is C11H11NO2. The van der Waals surface area contributed by atoms with E-state index in [1.165, 1.54) is 0 Å². The Kier molecular flexibility index (Phi) is 1.81. The van der Waals surface area contributed by atoms with E-state index in [0.29, 0.717) is 15.8 Å². The SMILES string of the molecule is Cc1ccc2cc(C)c(=O)n(O)c2c1. The molecule has 1 aromatic carbocycles. The quantitative estimate of drug-likeness (QED) is 0.643. The number of aryl methyl sites for hydroxylation is 2. The van der Waals surface area contributed by atoms with Gasteiger partial charge < -0.3 is 5.21 Å². The third-order valence-corrected chi connectivity index (χ3v) is 2.32. The summed E-state index contributed by atoms with van der Waals surface area (Å²) < 4.78 is 0.706. The maximum atomic E-state index is 11.4. The molecule has 0 fully saturated rings. The Morgan fingerprint density at radius 2 is 1.93 bits per heavy atom. The number of hydrogen-bond donors (Lipinski definition) is 1. The zero-order valence-electron chi connectivity index (χ0n) is 8.11. The molecule has 0 aliphatic heterocycles. The summed E-state index contributed by atoms with van der Waals surface area (Å²) in [5.74, 6) is 0. The highest BCUT2D eigenvalue weighted by atomic mass is 16.5. The van der Waals surface area contributed by atoms with Gasteiger partial charge in [0.25, 0.3) is 5.56 Å². The first-order chi connectivity index (χ1) is 6.59. The summed E-state index contributed by atoms with van der Waals surface area (Å²) in [5, 5.41) is 10.4. The summed E-state index contributed by atoms with van der Waals surface area (Å²) in [4.78, 5) is 11.4. The van der Waals surface area contributed by atoms with E-state index in [1.54, 1.807) is 19.1 Å². The minimum absolute atomic E-state index is 0.358. The molecule has 0 amide bonds. The van der Waals surface area contributed by atoms with Gasteiger partial charge in [0.1, 0.15) is 0 Å². The second-order valence-electron chi connectivity index (χ2n) is 3.51. The standard InChI is InChI=1S/C11H11NO2/c1-7-3-4-9-6-8(2)11(13)12(14)10(9)5-7/h3-6,14H,1-2H3. The lowest BCUT2D eigenvalue weighted by Crippen LogP contribution is -2.20. The summed E-state index contributed by atoms with van der Waals surface area (Å²) in [6, 6.07) is 7.41. The second-order valence-corrected chi connectivity index (χ2v) is 3.51. The Morgan fingerprint density at radius 1 is 1.21 bits per heavy atom. The van der Waals surface area contributed by atoms with Gasteiger partial charge in [-0.15, -0.1) is 4.73 Å².